The van der Waals surface area contributed by atoms with Gasteiger partial charge in [0, 0.05) is 5.56 Å². The predicted octanol–water partition coefficient (Wildman–Crippen LogP) is 9.48. The molecule has 0 unspecified atom stereocenters. The van der Waals surface area contributed by atoms with Crippen molar-refractivity contribution in [3.63, 3.8) is 0 Å². The van der Waals surface area contributed by atoms with Crippen LogP contribution in [0.3, 0.4) is 0 Å². The molecule has 0 atom stereocenters. The Morgan fingerprint density at radius 2 is 0.878 bits per heavy atom. The average molecular weight is 569 g/mol. The molecule has 6 nitrogen and oxygen atoms in total. The van der Waals surface area contributed by atoms with Crippen molar-refractivity contribution in [3.05, 3.63) is 47.5 Å². The zero-order valence-corrected chi connectivity index (χ0v) is 26.1. The van der Waals surface area contributed by atoms with Crippen LogP contribution in [-0.4, -0.2) is 38.8 Å². The number of carbonyl (C=O) groups excluding carboxylic acids is 1. The van der Waals surface area contributed by atoms with Crippen molar-refractivity contribution >= 4 is 11.9 Å². The van der Waals surface area contributed by atoms with Crippen LogP contribution in [0.25, 0.3) is 6.08 Å². The van der Waals surface area contributed by atoms with Gasteiger partial charge in [0.1, 0.15) is 0 Å². The number of ketones is 1. The molecule has 0 spiro atoms. The largest absolute Gasteiger partial charge is 0.489 e. The van der Waals surface area contributed by atoms with E-state index in [1.807, 2.05) is 30.3 Å². The van der Waals surface area contributed by atoms with Gasteiger partial charge in [0.25, 0.3) is 0 Å². The molecule has 0 heterocycles. The van der Waals surface area contributed by atoms with E-state index >= 15 is 0 Å². The molecule has 0 radical (unpaired) electrons. The molecule has 2 aromatic rings. The highest BCUT2D eigenvalue weighted by atomic mass is 16.6. The topological polar surface area (TPSA) is 63.2 Å². The fourth-order valence-electron chi connectivity index (χ4n) is 3.94. The Morgan fingerprint density at radius 3 is 1.24 bits per heavy atom. The second-order valence-electron chi connectivity index (χ2n) is 10.1. The van der Waals surface area contributed by atoms with E-state index < -0.39 is 0 Å². The van der Waals surface area contributed by atoms with Crippen molar-refractivity contribution in [1.82, 2.24) is 0 Å². The summed E-state index contributed by atoms with van der Waals surface area (Å²) in [6.45, 7) is 13.2. The highest BCUT2D eigenvalue weighted by Crippen LogP contribution is 2.55. The third-order valence-electron chi connectivity index (χ3n) is 6.50. The van der Waals surface area contributed by atoms with Crippen LogP contribution in [-0.2, 0) is 0 Å². The Hall–Kier alpha value is -3.15. The van der Waals surface area contributed by atoms with E-state index in [-0.39, 0.29) is 5.78 Å². The molecule has 0 bridgehead atoms. The third-order valence-corrected chi connectivity index (χ3v) is 6.50. The molecule has 0 aliphatic heterocycles. The first-order valence-corrected chi connectivity index (χ1v) is 15.8. The minimum absolute atomic E-state index is 0.102. The molecule has 0 aromatic heterocycles. The summed E-state index contributed by atoms with van der Waals surface area (Å²) in [6, 6.07) is 9.25. The summed E-state index contributed by atoms with van der Waals surface area (Å²) in [6.07, 6.45) is 12.8. The van der Waals surface area contributed by atoms with E-state index in [0.717, 1.165) is 64.2 Å². The van der Waals surface area contributed by atoms with Crippen LogP contribution in [0.1, 0.15) is 115 Å². The summed E-state index contributed by atoms with van der Waals surface area (Å²) in [7, 11) is 0. The number of carbonyl (C=O) groups is 1. The van der Waals surface area contributed by atoms with Gasteiger partial charge in [-0.3, -0.25) is 4.79 Å². The Kier molecular flexibility index (Phi) is 17.2. The maximum Gasteiger partial charge on any atom is 0.211 e. The average Bonchev–Trinajstić information content (AvgIpc) is 2.99. The molecule has 6 heteroatoms. The quantitative estimate of drug-likeness (QED) is 0.0756. The minimum atomic E-state index is -0.102. The molecular weight excluding hydrogens is 516 g/mol. The van der Waals surface area contributed by atoms with Crippen LogP contribution >= 0.6 is 0 Å². The summed E-state index contributed by atoms with van der Waals surface area (Å²) < 4.78 is 32.2. The number of rotatable bonds is 23. The SMILES string of the molecule is CCCCOc1c(C=CC(=O)c2ccccc2)c(OCCCC)c(OCCCC)c(OCCCC)c1OCCCC. The lowest BCUT2D eigenvalue weighted by Crippen LogP contribution is -2.12. The lowest BCUT2D eigenvalue weighted by molar-refractivity contribution is 0.104. The van der Waals surface area contributed by atoms with Gasteiger partial charge in [-0.1, -0.05) is 97.1 Å². The van der Waals surface area contributed by atoms with Gasteiger partial charge in [-0.05, 0) is 44.3 Å². The number of allylic oxidation sites excluding steroid dienone is 1. The third kappa shape index (κ3) is 11.3. The highest BCUT2D eigenvalue weighted by Gasteiger charge is 2.30. The van der Waals surface area contributed by atoms with Crippen molar-refractivity contribution in [2.24, 2.45) is 0 Å². The zero-order chi connectivity index (χ0) is 29.7. The molecule has 0 N–H and O–H groups in total. The van der Waals surface area contributed by atoms with Gasteiger partial charge >= 0.3 is 0 Å². The Bertz CT molecular complexity index is 986. The molecule has 228 valence electrons. The fraction of sp³-hybridized carbons (Fsp3) is 0.571. The smallest absolute Gasteiger partial charge is 0.211 e. The maximum atomic E-state index is 13.1. The molecule has 0 aliphatic rings. The molecule has 0 fully saturated rings. The molecule has 2 rings (SSSR count). The number of hydrogen-bond donors (Lipinski definition) is 0. The van der Waals surface area contributed by atoms with Crippen LogP contribution in [0.15, 0.2) is 36.4 Å². The van der Waals surface area contributed by atoms with Crippen LogP contribution in [0.2, 0.25) is 0 Å². The number of hydrogen-bond acceptors (Lipinski definition) is 6. The fourth-order valence-corrected chi connectivity index (χ4v) is 3.94. The number of benzene rings is 2. The molecule has 0 saturated heterocycles. The van der Waals surface area contributed by atoms with Crippen molar-refractivity contribution < 1.29 is 28.5 Å². The molecule has 41 heavy (non-hydrogen) atoms. The Labute approximate surface area is 248 Å². The van der Waals surface area contributed by atoms with E-state index in [9.17, 15) is 4.79 Å². The van der Waals surface area contributed by atoms with E-state index in [1.54, 1.807) is 12.2 Å². The summed E-state index contributed by atoms with van der Waals surface area (Å²) in [4.78, 5) is 13.1. The van der Waals surface area contributed by atoms with Crippen LogP contribution in [0.4, 0.5) is 0 Å². The van der Waals surface area contributed by atoms with Crippen molar-refractivity contribution in [1.29, 1.82) is 0 Å². The number of ether oxygens (including phenoxy) is 5. The van der Waals surface area contributed by atoms with Gasteiger partial charge in [0.2, 0.25) is 17.2 Å². The lowest BCUT2D eigenvalue weighted by atomic mass is 10.1. The van der Waals surface area contributed by atoms with E-state index in [1.165, 1.54) is 0 Å². The van der Waals surface area contributed by atoms with E-state index in [4.69, 9.17) is 23.7 Å². The Balaban J connectivity index is 2.81. The summed E-state index contributed by atoms with van der Waals surface area (Å²) in [5, 5.41) is 0. The predicted molar refractivity (Wildman–Crippen MR) is 168 cm³/mol. The van der Waals surface area contributed by atoms with Gasteiger partial charge in [-0.15, -0.1) is 0 Å². The van der Waals surface area contributed by atoms with Gasteiger partial charge in [-0.25, -0.2) is 0 Å². The monoisotopic (exact) mass is 568 g/mol. The number of unbranched alkanes of at least 4 members (excludes halogenated alkanes) is 5. The molecule has 2 aromatic carbocycles. The maximum absolute atomic E-state index is 13.1. The van der Waals surface area contributed by atoms with Crippen LogP contribution < -0.4 is 23.7 Å². The summed E-state index contributed by atoms with van der Waals surface area (Å²) in [5.74, 6) is 2.53. The van der Waals surface area contributed by atoms with Gasteiger partial charge < -0.3 is 23.7 Å². The minimum Gasteiger partial charge on any atom is -0.489 e. The van der Waals surface area contributed by atoms with Crippen molar-refractivity contribution in [2.75, 3.05) is 33.0 Å². The molecule has 0 saturated carbocycles. The molecule has 0 amide bonds. The normalized spacial score (nSPS) is 11.0. The highest BCUT2D eigenvalue weighted by molar-refractivity contribution is 6.07. The first-order chi connectivity index (χ1) is 20.1. The Morgan fingerprint density at radius 1 is 0.537 bits per heavy atom. The first kappa shape index (κ1) is 34.1. The molecule has 0 aliphatic carbocycles. The van der Waals surface area contributed by atoms with Crippen LogP contribution in [0.5, 0.6) is 28.7 Å². The lowest BCUT2D eigenvalue weighted by Gasteiger charge is -2.25. The van der Waals surface area contributed by atoms with Crippen molar-refractivity contribution in [3.8, 4) is 28.7 Å². The molecular formula is C35H52O6. The second kappa shape index (κ2) is 20.7. The van der Waals surface area contributed by atoms with Gasteiger partial charge in [0.15, 0.2) is 17.3 Å². The standard InChI is InChI=1S/C35H52O6/c1-6-11-23-37-31-29(21-22-30(36)28-19-17-16-18-20-28)32(38-24-12-7-2)34(40-26-14-9-4)35(41-27-15-10-5)33(31)39-25-13-8-3/h16-22H,6-15,23-27H2,1-5H3. The second-order valence-corrected chi connectivity index (χ2v) is 10.1. The zero-order valence-electron chi connectivity index (χ0n) is 26.1. The van der Waals surface area contributed by atoms with Crippen LogP contribution in [0, 0.1) is 0 Å². The van der Waals surface area contributed by atoms with Gasteiger partial charge in [0.05, 0.1) is 38.6 Å². The summed E-state index contributed by atoms with van der Waals surface area (Å²) in [5.41, 5.74) is 1.26. The van der Waals surface area contributed by atoms with Gasteiger partial charge in [-0.2, -0.15) is 0 Å². The first-order valence-electron chi connectivity index (χ1n) is 15.8. The summed E-state index contributed by atoms with van der Waals surface area (Å²) >= 11 is 0. The van der Waals surface area contributed by atoms with E-state index in [2.05, 4.69) is 34.6 Å². The van der Waals surface area contributed by atoms with Crippen molar-refractivity contribution in [2.45, 2.75) is 98.8 Å². The van der Waals surface area contributed by atoms with E-state index in [0.29, 0.717) is 72.9 Å².